The normalized spacial score (nSPS) is 9.85. The van der Waals surface area contributed by atoms with E-state index in [1.54, 1.807) is 6.07 Å². The zero-order chi connectivity index (χ0) is 9.10. The molecule has 2 rings (SSSR count). The molecule has 0 aliphatic heterocycles. The number of hydrogen-bond donors (Lipinski definition) is 1. The first kappa shape index (κ1) is 7.73. The Hall–Kier alpha value is -1.90. The Bertz CT molecular complexity index is 401. The summed E-state index contributed by atoms with van der Waals surface area (Å²) in [6, 6.07) is 11.2. The maximum atomic E-state index is 9.05. The number of rotatable bonds is 1. The molecule has 0 aliphatic rings. The number of benzene rings is 1. The lowest BCUT2D eigenvalue weighted by Crippen LogP contribution is -1.84. The van der Waals surface area contributed by atoms with Gasteiger partial charge in [0.15, 0.2) is 0 Å². The van der Waals surface area contributed by atoms with Crippen LogP contribution in [0, 0.1) is 0 Å². The van der Waals surface area contributed by atoms with Gasteiger partial charge in [-0.25, -0.2) is 4.98 Å². The van der Waals surface area contributed by atoms with Crippen molar-refractivity contribution < 1.29 is 5.11 Å². The molecule has 0 saturated carbocycles. The summed E-state index contributed by atoms with van der Waals surface area (Å²) in [5.41, 5.74) is 1.70. The predicted octanol–water partition coefficient (Wildman–Crippen LogP) is 1.85. The minimum atomic E-state index is -0.193. The summed E-state index contributed by atoms with van der Waals surface area (Å²) in [7, 11) is 0. The quantitative estimate of drug-likeness (QED) is 0.714. The van der Waals surface area contributed by atoms with Crippen molar-refractivity contribution in [2.75, 3.05) is 0 Å². The van der Waals surface area contributed by atoms with Crippen LogP contribution in [0.4, 0.5) is 0 Å². The van der Waals surface area contributed by atoms with Crippen molar-refractivity contribution in [2.45, 2.75) is 0 Å². The van der Waals surface area contributed by atoms with Gasteiger partial charge in [-0.05, 0) is 6.07 Å². The van der Waals surface area contributed by atoms with E-state index in [4.69, 9.17) is 5.11 Å². The predicted molar refractivity (Wildman–Crippen MR) is 49.1 cm³/mol. The first-order valence-electron chi connectivity index (χ1n) is 3.94. The van der Waals surface area contributed by atoms with Crippen LogP contribution in [0.25, 0.3) is 11.3 Å². The molecule has 64 valence electrons. The summed E-state index contributed by atoms with van der Waals surface area (Å²) in [6.07, 6.45) is 1.53. The monoisotopic (exact) mass is 172 g/mol. The average molecular weight is 172 g/mol. The van der Waals surface area contributed by atoms with Gasteiger partial charge in [0.2, 0.25) is 0 Å². The molecule has 1 N–H and O–H groups in total. The third kappa shape index (κ3) is 1.64. The molecule has 2 aromatic rings. The van der Waals surface area contributed by atoms with Crippen LogP contribution in [0.3, 0.4) is 0 Å². The van der Waals surface area contributed by atoms with Gasteiger partial charge in [-0.15, -0.1) is 0 Å². The van der Waals surface area contributed by atoms with Crippen molar-refractivity contribution in [3.8, 4) is 17.3 Å². The molecule has 1 aromatic carbocycles. The van der Waals surface area contributed by atoms with E-state index in [1.807, 2.05) is 30.3 Å². The second-order valence-corrected chi connectivity index (χ2v) is 2.61. The maximum absolute atomic E-state index is 9.05. The summed E-state index contributed by atoms with van der Waals surface area (Å²) < 4.78 is 0. The molecule has 0 atom stereocenters. The van der Waals surface area contributed by atoms with Crippen molar-refractivity contribution in [1.82, 2.24) is 9.97 Å². The number of aromatic hydroxyl groups is 1. The molecule has 0 fully saturated rings. The molecule has 0 saturated heterocycles. The van der Waals surface area contributed by atoms with E-state index in [1.165, 1.54) is 6.20 Å². The van der Waals surface area contributed by atoms with Crippen LogP contribution < -0.4 is 0 Å². The molecule has 0 aliphatic carbocycles. The zero-order valence-electron chi connectivity index (χ0n) is 6.88. The van der Waals surface area contributed by atoms with Crippen LogP contribution in [0.15, 0.2) is 42.6 Å². The van der Waals surface area contributed by atoms with Gasteiger partial charge in [-0.3, -0.25) is 0 Å². The van der Waals surface area contributed by atoms with Crippen LogP contribution in [-0.4, -0.2) is 15.1 Å². The van der Waals surface area contributed by atoms with E-state index in [9.17, 15) is 0 Å². The first-order valence-corrected chi connectivity index (χ1v) is 3.94. The lowest BCUT2D eigenvalue weighted by molar-refractivity contribution is 0.431. The molecule has 3 nitrogen and oxygen atoms in total. The van der Waals surface area contributed by atoms with E-state index in [0.29, 0.717) is 0 Å². The summed E-state index contributed by atoms with van der Waals surface area (Å²) in [5, 5.41) is 9.05. The van der Waals surface area contributed by atoms with Gasteiger partial charge in [-0.1, -0.05) is 30.3 Å². The van der Waals surface area contributed by atoms with Crippen molar-refractivity contribution in [1.29, 1.82) is 0 Å². The lowest BCUT2D eigenvalue weighted by atomic mass is 10.1. The highest BCUT2D eigenvalue weighted by Gasteiger charge is 1.98. The summed E-state index contributed by atoms with van der Waals surface area (Å²) in [6.45, 7) is 0. The van der Waals surface area contributed by atoms with E-state index < -0.39 is 0 Å². The summed E-state index contributed by atoms with van der Waals surface area (Å²) >= 11 is 0. The second kappa shape index (κ2) is 3.23. The molecule has 0 radical (unpaired) electrons. The number of nitrogens with zero attached hydrogens (tertiary/aromatic N) is 2. The van der Waals surface area contributed by atoms with E-state index in [-0.39, 0.29) is 6.01 Å². The standard InChI is InChI=1S/C10H8N2O/c13-10-11-7-6-9(12-10)8-4-2-1-3-5-8/h1-7H,(H,11,12,13). The van der Waals surface area contributed by atoms with Crippen LogP contribution in [0.2, 0.25) is 0 Å². The van der Waals surface area contributed by atoms with Gasteiger partial charge in [0, 0.05) is 11.8 Å². The molecule has 3 heteroatoms. The summed E-state index contributed by atoms with van der Waals surface area (Å²) in [4.78, 5) is 7.50. The van der Waals surface area contributed by atoms with E-state index >= 15 is 0 Å². The van der Waals surface area contributed by atoms with Gasteiger partial charge in [0.1, 0.15) is 0 Å². The third-order valence-corrected chi connectivity index (χ3v) is 1.71. The highest BCUT2D eigenvalue weighted by molar-refractivity contribution is 5.58. The third-order valence-electron chi connectivity index (χ3n) is 1.71. The molecule has 0 spiro atoms. The van der Waals surface area contributed by atoms with Gasteiger partial charge in [0.05, 0.1) is 5.69 Å². The van der Waals surface area contributed by atoms with E-state index in [0.717, 1.165) is 11.3 Å². The van der Waals surface area contributed by atoms with Gasteiger partial charge in [-0.2, -0.15) is 4.98 Å². The topological polar surface area (TPSA) is 46.0 Å². The first-order chi connectivity index (χ1) is 6.36. The number of hydrogen-bond acceptors (Lipinski definition) is 3. The fourth-order valence-electron chi connectivity index (χ4n) is 1.12. The van der Waals surface area contributed by atoms with Crippen molar-refractivity contribution in [3.05, 3.63) is 42.6 Å². The van der Waals surface area contributed by atoms with Crippen molar-refractivity contribution in [2.24, 2.45) is 0 Å². The van der Waals surface area contributed by atoms with Crippen LogP contribution in [-0.2, 0) is 0 Å². The summed E-state index contributed by atoms with van der Waals surface area (Å²) in [5.74, 6) is 0. The number of aromatic nitrogens is 2. The van der Waals surface area contributed by atoms with Gasteiger partial charge in [0.25, 0.3) is 0 Å². The average Bonchev–Trinajstić information content (AvgIpc) is 2.19. The Morgan fingerprint density at radius 2 is 1.77 bits per heavy atom. The largest absolute Gasteiger partial charge is 0.479 e. The highest BCUT2D eigenvalue weighted by Crippen LogP contribution is 2.16. The smallest absolute Gasteiger partial charge is 0.314 e. The molecule has 13 heavy (non-hydrogen) atoms. The van der Waals surface area contributed by atoms with Crippen LogP contribution in [0.5, 0.6) is 6.01 Å². The minimum Gasteiger partial charge on any atom is -0.479 e. The highest BCUT2D eigenvalue weighted by atomic mass is 16.3. The molecule has 1 aromatic heterocycles. The maximum Gasteiger partial charge on any atom is 0.314 e. The second-order valence-electron chi connectivity index (χ2n) is 2.61. The fraction of sp³-hybridized carbons (Fsp3) is 0. The van der Waals surface area contributed by atoms with Crippen LogP contribution in [0.1, 0.15) is 0 Å². The van der Waals surface area contributed by atoms with E-state index in [2.05, 4.69) is 9.97 Å². The minimum absolute atomic E-state index is 0.193. The molecular weight excluding hydrogens is 164 g/mol. The van der Waals surface area contributed by atoms with Gasteiger partial charge < -0.3 is 5.11 Å². The van der Waals surface area contributed by atoms with Crippen molar-refractivity contribution in [3.63, 3.8) is 0 Å². The lowest BCUT2D eigenvalue weighted by Gasteiger charge is -1.98. The fourth-order valence-corrected chi connectivity index (χ4v) is 1.12. The Balaban J connectivity index is 2.48. The molecule has 0 amide bonds. The van der Waals surface area contributed by atoms with Gasteiger partial charge >= 0.3 is 6.01 Å². The molecule has 0 bridgehead atoms. The van der Waals surface area contributed by atoms with Crippen molar-refractivity contribution >= 4 is 0 Å². The Labute approximate surface area is 75.7 Å². The Morgan fingerprint density at radius 1 is 1.00 bits per heavy atom. The Morgan fingerprint density at radius 3 is 2.46 bits per heavy atom. The SMILES string of the molecule is Oc1nccc(-c2ccccc2)n1. The zero-order valence-corrected chi connectivity index (χ0v) is 6.88. The molecule has 0 unspecified atom stereocenters. The molecular formula is C10H8N2O. The molecule has 1 heterocycles. The Kier molecular flexibility index (Phi) is 1.92. The van der Waals surface area contributed by atoms with Crippen LogP contribution >= 0.6 is 0 Å².